The van der Waals surface area contributed by atoms with Crippen LogP contribution in [0.3, 0.4) is 0 Å². The van der Waals surface area contributed by atoms with Crippen molar-refractivity contribution < 1.29 is 14.3 Å². The predicted molar refractivity (Wildman–Crippen MR) is 57.1 cm³/mol. The minimum absolute atomic E-state index is 0.00228. The van der Waals surface area contributed by atoms with E-state index in [0.29, 0.717) is 6.54 Å². The fraction of sp³-hybridized carbons (Fsp3) is 0.800. The maximum atomic E-state index is 11.7. The summed E-state index contributed by atoms with van der Waals surface area (Å²) in [4.78, 5) is 24.0. The maximum absolute atomic E-state index is 11.7. The molecule has 0 aliphatic heterocycles. The number of ether oxygens (including phenoxy) is 1. The molecule has 15 heavy (non-hydrogen) atoms. The van der Waals surface area contributed by atoms with E-state index in [9.17, 15) is 9.59 Å². The zero-order chi connectivity index (χ0) is 11.8. The van der Waals surface area contributed by atoms with Crippen molar-refractivity contribution in [2.24, 2.45) is 11.7 Å². The molecule has 0 fully saturated rings. The van der Waals surface area contributed by atoms with Crippen LogP contribution in [0.5, 0.6) is 0 Å². The minimum Gasteiger partial charge on any atom is -0.468 e. The lowest BCUT2D eigenvalue weighted by atomic mass is 10.0. The van der Waals surface area contributed by atoms with Crippen molar-refractivity contribution in [1.82, 2.24) is 4.90 Å². The summed E-state index contributed by atoms with van der Waals surface area (Å²) in [5.74, 6) is -0.547. The predicted octanol–water partition coefficient (Wildman–Crippen LogP) is -0.00720. The van der Waals surface area contributed by atoms with Crippen LogP contribution in [0.4, 0.5) is 0 Å². The number of carbonyl (C=O) groups is 2. The summed E-state index contributed by atoms with van der Waals surface area (Å²) in [5, 5.41) is 0. The van der Waals surface area contributed by atoms with Gasteiger partial charge in [0.1, 0.15) is 6.54 Å². The van der Waals surface area contributed by atoms with Gasteiger partial charge in [-0.1, -0.05) is 6.92 Å². The first-order chi connectivity index (χ1) is 7.02. The lowest BCUT2D eigenvalue weighted by Crippen LogP contribution is -2.36. The van der Waals surface area contributed by atoms with Crippen molar-refractivity contribution in [3.63, 3.8) is 0 Å². The number of rotatable bonds is 6. The smallest absolute Gasteiger partial charge is 0.325 e. The first-order valence-corrected chi connectivity index (χ1v) is 5.04. The standard InChI is InChI=1S/C10H20N2O3/c1-8(5-4-6-11)10(14)12(2)7-9(13)15-3/h8H,4-7,11H2,1-3H3. The highest BCUT2D eigenvalue weighted by atomic mass is 16.5. The van der Waals surface area contributed by atoms with Gasteiger partial charge in [0.05, 0.1) is 7.11 Å². The molecule has 1 amide bonds. The molecule has 5 heteroatoms. The normalized spacial score (nSPS) is 12.0. The van der Waals surface area contributed by atoms with Crippen molar-refractivity contribution >= 4 is 11.9 Å². The Kier molecular flexibility index (Phi) is 6.70. The molecule has 1 atom stereocenters. The third-order valence-electron chi connectivity index (χ3n) is 2.23. The number of esters is 1. The van der Waals surface area contributed by atoms with E-state index in [1.165, 1.54) is 12.0 Å². The fourth-order valence-corrected chi connectivity index (χ4v) is 1.26. The minimum atomic E-state index is -0.406. The lowest BCUT2D eigenvalue weighted by molar-refractivity contribution is -0.147. The summed E-state index contributed by atoms with van der Waals surface area (Å²) in [6.07, 6.45) is 1.57. The van der Waals surface area contributed by atoms with E-state index in [4.69, 9.17) is 5.73 Å². The van der Waals surface area contributed by atoms with Gasteiger partial charge in [0.15, 0.2) is 0 Å². The van der Waals surface area contributed by atoms with Crippen LogP contribution in [0.2, 0.25) is 0 Å². The Labute approximate surface area is 90.6 Å². The van der Waals surface area contributed by atoms with Crippen LogP contribution in [-0.2, 0) is 14.3 Å². The molecule has 0 aromatic carbocycles. The number of carbonyl (C=O) groups excluding carboxylic acids is 2. The van der Waals surface area contributed by atoms with Crippen LogP contribution >= 0.6 is 0 Å². The Morgan fingerprint density at radius 3 is 2.53 bits per heavy atom. The van der Waals surface area contributed by atoms with Crippen molar-refractivity contribution in [3.8, 4) is 0 Å². The Hall–Kier alpha value is -1.10. The monoisotopic (exact) mass is 216 g/mol. The number of nitrogens with zero attached hydrogens (tertiary/aromatic N) is 1. The molecule has 0 aliphatic carbocycles. The van der Waals surface area contributed by atoms with Crippen LogP contribution < -0.4 is 5.73 Å². The Morgan fingerprint density at radius 1 is 1.47 bits per heavy atom. The SMILES string of the molecule is COC(=O)CN(C)C(=O)C(C)CCCN. The van der Waals surface area contributed by atoms with E-state index in [0.717, 1.165) is 12.8 Å². The maximum Gasteiger partial charge on any atom is 0.325 e. The van der Waals surface area contributed by atoms with Gasteiger partial charge in [-0.25, -0.2) is 0 Å². The second kappa shape index (κ2) is 7.23. The van der Waals surface area contributed by atoms with Gasteiger partial charge in [-0.05, 0) is 19.4 Å². The molecule has 1 unspecified atom stereocenters. The van der Waals surface area contributed by atoms with Gasteiger partial charge in [0.2, 0.25) is 5.91 Å². The van der Waals surface area contributed by atoms with Gasteiger partial charge in [-0.3, -0.25) is 9.59 Å². The summed E-state index contributed by atoms with van der Waals surface area (Å²) in [6.45, 7) is 2.42. The molecule has 0 saturated carbocycles. The topological polar surface area (TPSA) is 72.6 Å². The highest BCUT2D eigenvalue weighted by Crippen LogP contribution is 2.08. The molecular weight excluding hydrogens is 196 g/mol. The first kappa shape index (κ1) is 13.9. The lowest BCUT2D eigenvalue weighted by Gasteiger charge is -2.19. The summed E-state index contributed by atoms with van der Waals surface area (Å²) >= 11 is 0. The number of hydrogen-bond donors (Lipinski definition) is 1. The molecule has 2 N–H and O–H groups in total. The van der Waals surface area contributed by atoms with Crippen molar-refractivity contribution in [2.75, 3.05) is 27.2 Å². The van der Waals surface area contributed by atoms with E-state index >= 15 is 0 Å². The summed E-state index contributed by atoms with van der Waals surface area (Å²) in [5.41, 5.74) is 5.36. The quantitative estimate of drug-likeness (QED) is 0.634. The summed E-state index contributed by atoms with van der Waals surface area (Å²) in [6, 6.07) is 0. The zero-order valence-electron chi connectivity index (χ0n) is 9.66. The zero-order valence-corrected chi connectivity index (χ0v) is 9.66. The molecule has 0 aromatic heterocycles. The Bertz CT molecular complexity index is 219. The fourth-order valence-electron chi connectivity index (χ4n) is 1.26. The molecule has 5 nitrogen and oxygen atoms in total. The van der Waals surface area contributed by atoms with E-state index in [-0.39, 0.29) is 18.4 Å². The Morgan fingerprint density at radius 2 is 2.07 bits per heavy atom. The van der Waals surface area contributed by atoms with Gasteiger partial charge in [-0.15, -0.1) is 0 Å². The van der Waals surface area contributed by atoms with Gasteiger partial charge < -0.3 is 15.4 Å². The van der Waals surface area contributed by atoms with E-state index in [2.05, 4.69) is 4.74 Å². The molecule has 0 rings (SSSR count). The number of methoxy groups -OCH3 is 1. The van der Waals surface area contributed by atoms with E-state index in [1.807, 2.05) is 6.92 Å². The number of nitrogens with two attached hydrogens (primary N) is 1. The molecule has 0 radical (unpaired) electrons. The van der Waals surface area contributed by atoms with Gasteiger partial charge in [0.25, 0.3) is 0 Å². The third-order valence-corrected chi connectivity index (χ3v) is 2.23. The second-order valence-corrected chi connectivity index (χ2v) is 3.60. The first-order valence-electron chi connectivity index (χ1n) is 5.04. The van der Waals surface area contributed by atoms with Gasteiger partial charge in [0, 0.05) is 13.0 Å². The van der Waals surface area contributed by atoms with E-state index < -0.39 is 5.97 Å². The van der Waals surface area contributed by atoms with Crippen LogP contribution in [0.25, 0.3) is 0 Å². The number of likely N-dealkylation sites (N-methyl/N-ethyl adjacent to an activating group) is 1. The van der Waals surface area contributed by atoms with Crippen molar-refractivity contribution in [2.45, 2.75) is 19.8 Å². The van der Waals surface area contributed by atoms with Crippen LogP contribution in [-0.4, -0.2) is 44.0 Å². The van der Waals surface area contributed by atoms with E-state index in [1.54, 1.807) is 7.05 Å². The molecule has 0 heterocycles. The number of hydrogen-bond acceptors (Lipinski definition) is 4. The molecule has 0 spiro atoms. The largest absolute Gasteiger partial charge is 0.468 e. The molecule has 0 aliphatic rings. The van der Waals surface area contributed by atoms with Gasteiger partial charge in [-0.2, -0.15) is 0 Å². The second-order valence-electron chi connectivity index (χ2n) is 3.60. The number of amides is 1. The molecule has 0 bridgehead atoms. The Balaban J connectivity index is 4.01. The summed E-state index contributed by atoms with van der Waals surface area (Å²) < 4.78 is 4.48. The molecule has 88 valence electrons. The molecule has 0 saturated heterocycles. The van der Waals surface area contributed by atoms with Gasteiger partial charge >= 0.3 is 5.97 Å². The average Bonchev–Trinajstić information content (AvgIpc) is 2.24. The van der Waals surface area contributed by atoms with Crippen LogP contribution in [0.15, 0.2) is 0 Å². The van der Waals surface area contributed by atoms with Crippen molar-refractivity contribution in [3.05, 3.63) is 0 Å². The average molecular weight is 216 g/mol. The molecule has 0 aromatic rings. The molecular formula is C10H20N2O3. The van der Waals surface area contributed by atoms with Crippen LogP contribution in [0, 0.1) is 5.92 Å². The highest BCUT2D eigenvalue weighted by molar-refractivity contribution is 5.83. The third kappa shape index (κ3) is 5.37. The summed E-state index contributed by atoms with van der Waals surface area (Å²) in [7, 11) is 2.90. The van der Waals surface area contributed by atoms with Crippen LogP contribution in [0.1, 0.15) is 19.8 Å². The van der Waals surface area contributed by atoms with Crippen molar-refractivity contribution in [1.29, 1.82) is 0 Å². The highest BCUT2D eigenvalue weighted by Gasteiger charge is 2.18.